The smallest absolute Gasteiger partial charge is 0.336 e. The molecule has 1 aromatic heterocycles. The summed E-state index contributed by atoms with van der Waals surface area (Å²) in [6.45, 7) is 2.04. The van der Waals surface area contributed by atoms with Crippen LogP contribution in [-0.2, 0) is 14.8 Å². The lowest BCUT2D eigenvalue weighted by molar-refractivity contribution is -0.155. The van der Waals surface area contributed by atoms with Gasteiger partial charge in [0.15, 0.2) is 5.60 Å². The monoisotopic (exact) mass is 363 g/mol. The van der Waals surface area contributed by atoms with Crippen LogP contribution >= 0.6 is 22.9 Å². The highest BCUT2D eigenvalue weighted by Crippen LogP contribution is 2.35. The van der Waals surface area contributed by atoms with Crippen molar-refractivity contribution < 1.29 is 23.4 Å². The highest BCUT2D eigenvalue weighted by Gasteiger charge is 2.33. The van der Waals surface area contributed by atoms with Gasteiger partial charge in [0.25, 0.3) is 0 Å². The summed E-state index contributed by atoms with van der Waals surface area (Å²) in [5, 5.41) is 19.3. The Morgan fingerprint density at radius 3 is 2.68 bits per heavy atom. The molecule has 0 fully saturated rings. The second-order valence-electron chi connectivity index (χ2n) is 5.03. The number of sulfonamides is 1. The minimum absolute atomic E-state index is 0.0520. The van der Waals surface area contributed by atoms with Gasteiger partial charge in [-0.3, -0.25) is 0 Å². The number of carboxylic acids is 1. The second-order valence-corrected chi connectivity index (χ2v) is 8.43. The average molecular weight is 364 g/mol. The Kier molecular flexibility index (Phi) is 4.51. The highest BCUT2D eigenvalue weighted by molar-refractivity contribution is 7.90. The van der Waals surface area contributed by atoms with Crippen molar-refractivity contribution in [3.8, 4) is 0 Å². The van der Waals surface area contributed by atoms with E-state index in [-0.39, 0.29) is 4.90 Å². The van der Waals surface area contributed by atoms with E-state index in [0.717, 1.165) is 11.6 Å². The lowest BCUT2D eigenvalue weighted by Crippen LogP contribution is -2.46. The molecule has 0 radical (unpaired) electrons. The first-order valence-corrected chi connectivity index (χ1v) is 8.86. The molecule has 0 aliphatic carbocycles. The molecular formula is C13H14ClNO5S2. The zero-order chi connectivity index (χ0) is 16.7. The van der Waals surface area contributed by atoms with E-state index in [4.69, 9.17) is 16.7 Å². The zero-order valence-corrected chi connectivity index (χ0v) is 14.1. The van der Waals surface area contributed by atoms with E-state index in [1.165, 1.54) is 11.3 Å². The van der Waals surface area contributed by atoms with Gasteiger partial charge in [0.05, 0.1) is 6.54 Å². The third-order valence-electron chi connectivity index (χ3n) is 3.10. The number of rotatable bonds is 5. The quantitative estimate of drug-likeness (QED) is 0.753. The summed E-state index contributed by atoms with van der Waals surface area (Å²) in [5.74, 6) is -1.51. The van der Waals surface area contributed by atoms with Crippen LogP contribution in [0.4, 0.5) is 0 Å². The number of hydrogen-bond acceptors (Lipinski definition) is 5. The van der Waals surface area contributed by atoms with Crippen LogP contribution < -0.4 is 4.72 Å². The maximum atomic E-state index is 12.5. The molecule has 0 spiro atoms. The molecule has 1 unspecified atom stereocenters. The van der Waals surface area contributed by atoms with Crippen LogP contribution in [0.1, 0.15) is 11.8 Å². The van der Waals surface area contributed by atoms with Gasteiger partial charge in [0.1, 0.15) is 4.90 Å². The predicted octanol–water partition coefficient (Wildman–Crippen LogP) is 1.98. The lowest BCUT2D eigenvalue weighted by Gasteiger charge is -2.18. The number of aryl methyl sites for hydroxylation is 1. The summed E-state index contributed by atoms with van der Waals surface area (Å²) in [6.07, 6.45) is 0. The number of carbonyl (C=O) groups is 1. The van der Waals surface area contributed by atoms with E-state index in [9.17, 15) is 18.3 Å². The van der Waals surface area contributed by atoms with Crippen LogP contribution in [0.25, 0.3) is 10.1 Å². The number of carboxylic acid groups (broad SMARTS) is 1. The molecule has 1 heterocycles. The number of aliphatic hydroxyl groups is 1. The minimum atomic E-state index is -3.98. The van der Waals surface area contributed by atoms with Crippen LogP contribution in [0.2, 0.25) is 5.02 Å². The fraction of sp³-hybridized carbons (Fsp3) is 0.308. The van der Waals surface area contributed by atoms with Crippen molar-refractivity contribution in [3.63, 3.8) is 0 Å². The van der Waals surface area contributed by atoms with Gasteiger partial charge >= 0.3 is 5.97 Å². The third kappa shape index (κ3) is 3.26. The fourth-order valence-electron chi connectivity index (χ4n) is 1.89. The summed E-state index contributed by atoms with van der Waals surface area (Å²) in [4.78, 5) is 11.5. The summed E-state index contributed by atoms with van der Waals surface area (Å²) in [7, 11) is -3.98. The van der Waals surface area contributed by atoms with Gasteiger partial charge in [-0.2, -0.15) is 0 Å². The number of aliphatic carboxylic acids is 1. The Morgan fingerprint density at radius 2 is 2.09 bits per heavy atom. The molecule has 22 heavy (non-hydrogen) atoms. The molecule has 0 saturated carbocycles. The topological polar surface area (TPSA) is 104 Å². The minimum Gasteiger partial charge on any atom is -0.479 e. The molecule has 120 valence electrons. The van der Waals surface area contributed by atoms with Crippen LogP contribution in [0.15, 0.2) is 23.1 Å². The van der Waals surface area contributed by atoms with Crippen molar-refractivity contribution in [3.05, 3.63) is 28.1 Å². The molecule has 6 nitrogen and oxygen atoms in total. The Labute approximate surface area is 136 Å². The maximum absolute atomic E-state index is 12.5. The van der Waals surface area contributed by atoms with Gasteiger partial charge in [-0.05, 0) is 32.0 Å². The number of fused-ring (bicyclic) bond motifs is 1. The highest BCUT2D eigenvalue weighted by atomic mass is 35.5. The van der Waals surface area contributed by atoms with Crippen LogP contribution in [-0.4, -0.2) is 36.7 Å². The van der Waals surface area contributed by atoms with Crippen molar-refractivity contribution in [1.82, 2.24) is 4.72 Å². The molecule has 1 atom stereocenters. The molecule has 2 aromatic rings. The third-order valence-corrected chi connectivity index (χ3v) is 6.14. The lowest BCUT2D eigenvalue weighted by atomic mass is 10.1. The molecule has 0 bridgehead atoms. The average Bonchev–Trinajstić information content (AvgIpc) is 2.72. The van der Waals surface area contributed by atoms with Crippen molar-refractivity contribution in [2.75, 3.05) is 6.54 Å². The number of benzene rings is 1. The van der Waals surface area contributed by atoms with Crippen LogP contribution in [0.3, 0.4) is 0 Å². The normalized spacial score (nSPS) is 14.9. The van der Waals surface area contributed by atoms with Gasteiger partial charge < -0.3 is 10.2 Å². The Bertz CT molecular complexity index is 841. The SMILES string of the molecule is Cc1sc2ccc(Cl)cc2c1S(=O)(=O)NCC(C)(O)C(=O)O. The summed E-state index contributed by atoms with van der Waals surface area (Å²) in [6, 6.07) is 4.94. The summed E-state index contributed by atoms with van der Waals surface area (Å²) in [5.41, 5.74) is -2.19. The van der Waals surface area contributed by atoms with Crippen molar-refractivity contribution in [1.29, 1.82) is 0 Å². The number of hydrogen-bond donors (Lipinski definition) is 3. The zero-order valence-electron chi connectivity index (χ0n) is 11.8. The van der Waals surface area contributed by atoms with Crippen LogP contribution in [0.5, 0.6) is 0 Å². The predicted molar refractivity (Wildman–Crippen MR) is 85.0 cm³/mol. The first kappa shape index (κ1) is 17.2. The van der Waals surface area contributed by atoms with Crippen molar-refractivity contribution >= 4 is 49.0 Å². The first-order chi connectivity index (χ1) is 10.0. The molecular weight excluding hydrogens is 350 g/mol. The van der Waals surface area contributed by atoms with Gasteiger partial charge in [0.2, 0.25) is 10.0 Å². The second kappa shape index (κ2) is 5.78. The standard InChI is InChI=1S/C13H14ClNO5S2/c1-7-11(9-5-8(14)3-4-10(9)21-7)22(19,20)15-6-13(2,18)12(16)17/h3-5,15,18H,6H2,1-2H3,(H,16,17). The van der Waals surface area contributed by atoms with E-state index in [2.05, 4.69) is 4.72 Å². The van der Waals surface area contributed by atoms with E-state index in [1.807, 2.05) is 0 Å². The molecule has 2 rings (SSSR count). The Hall–Kier alpha value is -1.19. The van der Waals surface area contributed by atoms with E-state index >= 15 is 0 Å². The maximum Gasteiger partial charge on any atom is 0.336 e. The fourth-order valence-corrected chi connectivity index (χ4v) is 4.97. The molecule has 0 saturated heterocycles. The molecule has 3 N–H and O–H groups in total. The van der Waals surface area contributed by atoms with E-state index < -0.39 is 28.1 Å². The Morgan fingerprint density at radius 1 is 1.45 bits per heavy atom. The summed E-state index contributed by atoms with van der Waals surface area (Å²) < 4.78 is 27.8. The van der Waals surface area contributed by atoms with Gasteiger partial charge in [-0.15, -0.1) is 11.3 Å². The number of thiophene rings is 1. The number of halogens is 1. The van der Waals surface area contributed by atoms with E-state index in [0.29, 0.717) is 15.3 Å². The first-order valence-electron chi connectivity index (χ1n) is 6.19. The molecule has 0 aliphatic heterocycles. The van der Waals surface area contributed by atoms with Crippen molar-refractivity contribution in [2.45, 2.75) is 24.3 Å². The van der Waals surface area contributed by atoms with Gasteiger partial charge in [-0.25, -0.2) is 17.9 Å². The molecule has 0 aliphatic rings. The summed E-state index contributed by atoms with van der Waals surface area (Å²) >= 11 is 7.21. The van der Waals surface area contributed by atoms with Crippen molar-refractivity contribution in [2.24, 2.45) is 0 Å². The molecule has 0 amide bonds. The molecule has 9 heteroatoms. The van der Waals surface area contributed by atoms with Crippen LogP contribution in [0, 0.1) is 6.92 Å². The Balaban J connectivity index is 2.44. The van der Waals surface area contributed by atoms with Gasteiger partial charge in [0, 0.05) is 20.0 Å². The van der Waals surface area contributed by atoms with E-state index in [1.54, 1.807) is 25.1 Å². The number of nitrogens with one attached hydrogen (secondary N) is 1. The largest absolute Gasteiger partial charge is 0.479 e. The molecule has 1 aromatic carbocycles. The van der Waals surface area contributed by atoms with Gasteiger partial charge in [-0.1, -0.05) is 11.6 Å².